The minimum Gasteiger partial charge on any atom is -0.460 e. The third-order valence-corrected chi connectivity index (χ3v) is 5.71. The van der Waals surface area contributed by atoms with Gasteiger partial charge in [0, 0.05) is 52.3 Å². The molecule has 0 spiro atoms. The van der Waals surface area contributed by atoms with E-state index in [4.69, 9.17) is 9.47 Å². The van der Waals surface area contributed by atoms with E-state index in [0.29, 0.717) is 12.5 Å². The lowest BCUT2D eigenvalue weighted by Gasteiger charge is -2.34. The third kappa shape index (κ3) is 12.9. The molecule has 0 aromatic heterocycles. The van der Waals surface area contributed by atoms with E-state index in [2.05, 4.69) is 20.5 Å². The van der Waals surface area contributed by atoms with Crippen molar-refractivity contribution in [3.05, 3.63) is 0 Å². The number of nitrogens with zero attached hydrogens (tertiary/aromatic N) is 2. The zero-order valence-corrected chi connectivity index (χ0v) is 22.4. The number of halogens is 1. The number of carbonyl (C=O) groups is 1. The summed E-state index contributed by atoms with van der Waals surface area (Å²) in [6.45, 7) is 12.0. The summed E-state index contributed by atoms with van der Waals surface area (Å²) in [4.78, 5) is 18.7. The molecule has 1 unspecified atom stereocenters. The van der Waals surface area contributed by atoms with Crippen molar-refractivity contribution in [3.63, 3.8) is 0 Å². The van der Waals surface area contributed by atoms with E-state index in [9.17, 15) is 4.79 Å². The van der Waals surface area contributed by atoms with E-state index in [1.54, 1.807) is 0 Å². The van der Waals surface area contributed by atoms with E-state index in [0.717, 1.165) is 70.4 Å². The maximum atomic E-state index is 11.7. The quantitative estimate of drug-likeness (QED) is 0.142. The number of piperidine rings is 1. The van der Waals surface area contributed by atoms with Crippen LogP contribution in [-0.2, 0) is 14.3 Å². The number of unbranched alkanes of at least 4 members (excludes halogenated alkanes) is 3. The highest BCUT2D eigenvalue weighted by atomic mass is 127. The van der Waals surface area contributed by atoms with Crippen molar-refractivity contribution in [1.82, 2.24) is 15.5 Å². The fraction of sp³-hybridized carbons (Fsp3) is 0.913. The first-order valence-electron chi connectivity index (χ1n) is 11.8. The Bertz CT molecular complexity index is 525. The van der Waals surface area contributed by atoms with Crippen LogP contribution in [0.5, 0.6) is 0 Å². The van der Waals surface area contributed by atoms with Crippen LogP contribution < -0.4 is 10.6 Å². The Hall–Kier alpha value is -0.610. The monoisotopic (exact) mass is 552 g/mol. The van der Waals surface area contributed by atoms with Crippen LogP contribution in [0.1, 0.15) is 72.1 Å². The van der Waals surface area contributed by atoms with E-state index in [1.807, 2.05) is 27.8 Å². The van der Waals surface area contributed by atoms with Gasteiger partial charge in [-0.25, -0.2) is 0 Å². The van der Waals surface area contributed by atoms with Gasteiger partial charge in [0.25, 0.3) is 0 Å². The van der Waals surface area contributed by atoms with Crippen LogP contribution >= 0.6 is 24.0 Å². The van der Waals surface area contributed by atoms with Gasteiger partial charge in [0.05, 0.1) is 6.61 Å². The molecule has 0 aromatic carbocycles. The molecule has 0 aromatic rings. The second-order valence-corrected chi connectivity index (χ2v) is 9.70. The summed E-state index contributed by atoms with van der Waals surface area (Å²) < 4.78 is 10.8. The number of aliphatic imine (C=N–C) groups is 1. The fourth-order valence-corrected chi connectivity index (χ4v) is 4.09. The van der Waals surface area contributed by atoms with Gasteiger partial charge >= 0.3 is 5.97 Å². The van der Waals surface area contributed by atoms with Crippen LogP contribution in [0.25, 0.3) is 0 Å². The molecule has 2 aliphatic rings. The van der Waals surface area contributed by atoms with Crippen molar-refractivity contribution >= 4 is 35.9 Å². The highest BCUT2D eigenvalue weighted by Gasteiger charge is 2.24. The van der Waals surface area contributed by atoms with E-state index < -0.39 is 0 Å². The number of likely N-dealkylation sites (tertiary alicyclic amines) is 1. The largest absolute Gasteiger partial charge is 0.460 e. The lowest BCUT2D eigenvalue weighted by molar-refractivity contribution is -0.154. The number of rotatable bonds is 10. The first kappa shape index (κ1) is 28.4. The lowest BCUT2D eigenvalue weighted by atomic mass is 10.0. The van der Waals surface area contributed by atoms with E-state index in [-0.39, 0.29) is 35.5 Å². The number of hydrogen-bond donors (Lipinski definition) is 2. The number of ether oxygens (including phenoxy) is 2. The Balaban J connectivity index is 0.00000480. The van der Waals surface area contributed by atoms with Gasteiger partial charge in [0.2, 0.25) is 0 Å². The first-order chi connectivity index (χ1) is 14.4. The molecule has 0 radical (unpaired) electrons. The van der Waals surface area contributed by atoms with Gasteiger partial charge in [-0.2, -0.15) is 0 Å². The van der Waals surface area contributed by atoms with Crippen LogP contribution in [0.15, 0.2) is 4.99 Å². The lowest BCUT2D eigenvalue weighted by Crippen LogP contribution is -2.49. The van der Waals surface area contributed by atoms with Crippen LogP contribution in [0.4, 0.5) is 0 Å². The van der Waals surface area contributed by atoms with E-state index in [1.165, 1.54) is 25.8 Å². The molecule has 2 heterocycles. The van der Waals surface area contributed by atoms with Crippen molar-refractivity contribution in [2.45, 2.75) is 83.8 Å². The average Bonchev–Trinajstić information content (AvgIpc) is 3.19. The standard InChI is InChI=1S/C23H44N4O3.HI/c1-23(2,3)30-21(28)9-7-5-6-8-13-25-22(24-4)26-20-10-14-27(15-11-20)17-19-12-16-29-18-19;/h19-20H,5-18H2,1-4H3,(H2,24,25,26);1H. The van der Waals surface area contributed by atoms with Crippen molar-refractivity contribution in [1.29, 1.82) is 0 Å². The summed E-state index contributed by atoms with van der Waals surface area (Å²) >= 11 is 0. The molecule has 7 nitrogen and oxygen atoms in total. The van der Waals surface area contributed by atoms with Crippen LogP contribution in [-0.4, -0.2) is 74.9 Å². The molecule has 0 bridgehead atoms. The van der Waals surface area contributed by atoms with Gasteiger partial charge < -0.3 is 25.0 Å². The molecule has 0 amide bonds. The first-order valence-corrected chi connectivity index (χ1v) is 11.8. The van der Waals surface area contributed by atoms with E-state index >= 15 is 0 Å². The minimum atomic E-state index is -0.384. The molecule has 2 aliphatic heterocycles. The second kappa shape index (κ2) is 15.3. The smallest absolute Gasteiger partial charge is 0.306 e. The number of carbonyl (C=O) groups excluding carboxylic acids is 1. The topological polar surface area (TPSA) is 75.2 Å². The van der Waals surface area contributed by atoms with Gasteiger partial charge in [-0.3, -0.25) is 9.79 Å². The Morgan fingerprint density at radius 1 is 1.13 bits per heavy atom. The minimum absolute atomic E-state index is 0. The SMILES string of the molecule is CN=C(NCCCCCCC(=O)OC(C)(C)C)NC1CCN(CC2CCOC2)CC1.I. The summed E-state index contributed by atoms with van der Waals surface area (Å²) in [5, 5.41) is 7.02. The molecule has 31 heavy (non-hydrogen) atoms. The maximum absolute atomic E-state index is 11.7. The highest BCUT2D eigenvalue weighted by molar-refractivity contribution is 14.0. The zero-order valence-electron chi connectivity index (χ0n) is 20.1. The summed E-state index contributed by atoms with van der Waals surface area (Å²) in [5.41, 5.74) is -0.384. The Morgan fingerprint density at radius 2 is 1.84 bits per heavy atom. The summed E-state index contributed by atoms with van der Waals surface area (Å²) in [6, 6.07) is 0.501. The predicted octanol–water partition coefficient (Wildman–Crippen LogP) is 3.56. The fourth-order valence-electron chi connectivity index (χ4n) is 4.09. The summed E-state index contributed by atoms with van der Waals surface area (Å²) in [7, 11) is 1.84. The summed E-state index contributed by atoms with van der Waals surface area (Å²) in [5.74, 6) is 1.55. The normalized spacial score (nSPS) is 20.9. The molecular formula is C23H45IN4O3. The Kier molecular flexibility index (Phi) is 14.0. The number of nitrogens with one attached hydrogen (secondary N) is 2. The molecule has 8 heteroatoms. The van der Waals surface area contributed by atoms with Crippen molar-refractivity contribution < 1.29 is 14.3 Å². The molecule has 0 aliphatic carbocycles. The van der Waals surface area contributed by atoms with Crippen LogP contribution in [0.2, 0.25) is 0 Å². The molecule has 2 N–H and O–H groups in total. The average molecular weight is 553 g/mol. The molecule has 1 atom stereocenters. The number of hydrogen-bond acceptors (Lipinski definition) is 5. The molecule has 0 saturated carbocycles. The Morgan fingerprint density at radius 3 is 2.45 bits per heavy atom. The van der Waals surface area contributed by atoms with Gasteiger partial charge in [-0.05, 0) is 58.8 Å². The highest BCUT2D eigenvalue weighted by Crippen LogP contribution is 2.17. The van der Waals surface area contributed by atoms with Crippen LogP contribution in [0.3, 0.4) is 0 Å². The van der Waals surface area contributed by atoms with Gasteiger partial charge in [0.1, 0.15) is 5.60 Å². The van der Waals surface area contributed by atoms with Crippen molar-refractivity contribution in [2.24, 2.45) is 10.9 Å². The molecule has 2 saturated heterocycles. The molecule has 2 rings (SSSR count). The molecule has 182 valence electrons. The van der Waals surface area contributed by atoms with Crippen LogP contribution in [0, 0.1) is 5.92 Å². The second-order valence-electron chi connectivity index (χ2n) is 9.70. The number of esters is 1. The van der Waals surface area contributed by atoms with Gasteiger partial charge in [-0.15, -0.1) is 24.0 Å². The predicted molar refractivity (Wildman–Crippen MR) is 137 cm³/mol. The molecular weight excluding hydrogens is 507 g/mol. The number of guanidine groups is 1. The molecule has 2 fully saturated rings. The van der Waals surface area contributed by atoms with Crippen molar-refractivity contribution in [3.8, 4) is 0 Å². The van der Waals surface area contributed by atoms with Gasteiger partial charge in [-0.1, -0.05) is 12.8 Å². The maximum Gasteiger partial charge on any atom is 0.306 e. The van der Waals surface area contributed by atoms with Gasteiger partial charge in [0.15, 0.2) is 5.96 Å². The Labute approximate surface area is 206 Å². The third-order valence-electron chi connectivity index (χ3n) is 5.71. The zero-order chi connectivity index (χ0) is 21.8. The van der Waals surface area contributed by atoms with Crippen molar-refractivity contribution in [2.75, 3.05) is 46.4 Å². The summed E-state index contributed by atoms with van der Waals surface area (Å²) in [6.07, 6.45) is 8.20.